The van der Waals surface area contributed by atoms with Crippen molar-refractivity contribution in [3.05, 3.63) is 60.2 Å². The first-order valence-corrected chi connectivity index (χ1v) is 7.86. The molecular weight excluding hydrogens is 350 g/mol. The van der Waals surface area contributed by atoms with E-state index >= 15 is 0 Å². The van der Waals surface area contributed by atoms with Gasteiger partial charge in [0, 0.05) is 24.3 Å². The van der Waals surface area contributed by atoms with E-state index in [0.717, 1.165) is 11.5 Å². The number of amides is 2. The van der Waals surface area contributed by atoms with Crippen molar-refractivity contribution >= 4 is 28.4 Å². The number of aromatic nitrogens is 2. The molecule has 6 nitrogen and oxygen atoms in total. The molecule has 0 aliphatic heterocycles. The molecule has 3 aromatic rings. The van der Waals surface area contributed by atoms with Crippen LogP contribution >= 0.6 is 11.5 Å². The van der Waals surface area contributed by atoms with Crippen molar-refractivity contribution in [2.75, 3.05) is 17.3 Å². The highest BCUT2D eigenvalue weighted by Gasteiger charge is 2.15. The van der Waals surface area contributed by atoms with Gasteiger partial charge in [-0.05, 0) is 42.5 Å². The smallest absolute Gasteiger partial charge is 0.335 e. The number of nitrogens with zero attached hydrogens (tertiary/aromatic N) is 3. The maximum Gasteiger partial charge on any atom is 0.335 e. The number of halogens is 2. The van der Waals surface area contributed by atoms with Crippen LogP contribution in [-0.2, 0) is 0 Å². The molecule has 0 aliphatic rings. The lowest BCUT2D eigenvalue weighted by atomic mass is 10.3. The Hall–Kier alpha value is -3.07. The minimum Gasteiger partial charge on any atom is -0.424 e. The largest absolute Gasteiger partial charge is 0.424 e. The monoisotopic (exact) mass is 362 g/mol. The van der Waals surface area contributed by atoms with Gasteiger partial charge in [0.1, 0.15) is 17.4 Å². The average molecular weight is 362 g/mol. The lowest BCUT2D eigenvalue weighted by Crippen LogP contribution is -2.31. The van der Waals surface area contributed by atoms with Crippen LogP contribution in [-0.4, -0.2) is 22.4 Å². The second-order valence-electron chi connectivity index (χ2n) is 4.91. The molecule has 0 atom stereocenters. The molecule has 0 spiro atoms. The molecule has 0 saturated carbocycles. The zero-order valence-electron chi connectivity index (χ0n) is 12.9. The van der Waals surface area contributed by atoms with E-state index in [4.69, 9.17) is 4.74 Å². The third-order valence-corrected chi connectivity index (χ3v) is 3.76. The van der Waals surface area contributed by atoms with Crippen molar-refractivity contribution in [2.45, 2.75) is 0 Å². The van der Waals surface area contributed by atoms with Gasteiger partial charge in [0.15, 0.2) is 0 Å². The summed E-state index contributed by atoms with van der Waals surface area (Å²) in [6.45, 7) is 0. The van der Waals surface area contributed by atoms with Crippen LogP contribution in [0.3, 0.4) is 0 Å². The standard InChI is InChI=1S/C16H12F2N4O2S/c1-22(12-4-2-3-11(18)9-12)16(23)20-15-19-14(21-25-15)24-13-7-5-10(17)6-8-13/h2-9H,1H3,(H,19,20,21,23). The van der Waals surface area contributed by atoms with Crippen LogP contribution in [0.4, 0.5) is 24.4 Å². The lowest BCUT2D eigenvalue weighted by molar-refractivity contribution is 0.258. The number of ether oxygens (including phenoxy) is 1. The van der Waals surface area contributed by atoms with Gasteiger partial charge in [0.2, 0.25) is 5.13 Å². The van der Waals surface area contributed by atoms with Crippen molar-refractivity contribution in [3.8, 4) is 11.8 Å². The van der Waals surface area contributed by atoms with E-state index in [1.807, 2.05) is 0 Å². The maximum absolute atomic E-state index is 13.2. The predicted octanol–water partition coefficient (Wildman–Crippen LogP) is 4.28. The summed E-state index contributed by atoms with van der Waals surface area (Å²) in [5.41, 5.74) is 0.393. The minimum absolute atomic E-state index is 0.0281. The SMILES string of the molecule is CN(C(=O)Nc1nc(Oc2ccc(F)cc2)ns1)c1cccc(F)c1. The molecule has 0 aliphatic carbocycles. The summed E-state index contributed by atoms with van der Waals surface area (Å²) in [5.74, 6) is -0.455. The van der Waals surface area contributed by atoms with E-state index in [0.29, 0.717) is 11.4 Å². The van der Waals surface area contributed by atoms with Gasteiger partial charge in [-0.1, -0.05) is 6.07 Å². The first-order valence-electron chi connectivity index (χ1n) is 7.09. The van der Waals surface area contributed by atoms with Gasteiger partial charge in [-0.3, -0.25) is 10.2 Å². The van der Waals surface area contributed by atoms with Crippen LogP contribution in [0.5, 0.6) is 11.8 Å². The van der Waals surface area contributed by atoms with Gasteiger partial charge >= 0.3 is 12.0 Å². The molecule has 0 bridgehead atoms. The summed E-state index contributed by atoms with van der Waals surface area (Å²) in [7, 11) is 1.50. The Labute approximate surface area is 145 Å². The van der Waals surface area contributed by atoms with Gasteiger partial charge in [0.25, 0.3) is 0 Å². The fraction of sp³-hybridized carbons (Fsp3) is 0.0625. The molecule has 1 aromatic heterocycles. The number of carbonyl (C=O) groups is 1. The Kier molecular flexibility index (Phi) is 4.85. The van der Waals surface area contributed by atoms with Gasteiger partial charge < -0.3 is 4.74 Å². The summed E-state index contributed by atoms with van der Waals surface area (Å²) in [4.78, 5) is 17.4. The van der Waals surface area contributed by atoms with E-state index in [9.17, 15) is 13.6 Å². The molecule has 3 rings (SSSR count). The van der Waals surface area contributed by atoms with Crippen LogP contribution in [0, 0.1) is 11.6 Å². The fourth-order valence-corrected chi connectivity index (χ4v) is 2.38. The minimum atomic E-state index is -0.505. The highest BCUT2D eigenvalue weighted by Crippen LogP contribution is 2.23. The molecule has 2 aromatic carbocycles. The highest BCUT2D eigenvalue weighted by molar-refractivity contribution is 7.10. The number of rotatable bonds is 4. The average Bonchev–Trinajstić information content (AvgIpc) is 3.03. The van der Waals surface area contributed by atoms with Gasteiger partial charge in [-0.2, -0.15) is 4.98 Å². The summed E-state index contributed by atoms with van der Waals surface area (Å²) < 4.78 is 35.4. The number of urea groups is 1. The summed E-state index contributed by atoms with van der Waals surface area (Å²) in [5, 5.41) is 2.76. The summed E-state index contributed by atoms with van der Waals surface area (Å²) >= 11 is 0.923. The summed E-state index contributed by atoms with van der Waals surface area (Å²) in [6, 6.07) is 10.5. The number of hydrogen-bond acceptors (Lipinski definition) is 5. The van der Waals surface area contributed by atoms with Crippen molar-refractivity contribution < 1.29 is 18.3 Å². The molecule has 0 fully saturated rings. The van der Waals surface area contributed by atoms with Crippen molar-refractivity contribution in [2.24, 2.45) is 0 Å². The van der Waals surface area contributed by atoms with Crippen molar-refractivity contribution in [1.29, 1.82) is 0 Å². The quantitative estimate of drug-likeness (QED) is 0.752. The first-order chi connectivity index (χ1) is 12.0. The Bertz CT molecular complexity index is 886. The number of carbonyl (C=O) groups excluding carboxylic acids is 1. The molecule has 1 N–H and O–H groups in total. The second-order valence-corrected chi connectivity index (χ2v) is 5.66. The maximum atomic E-state index is 13.2. The first kappa shape index (κ1) is 16.8. The number of anilines is 2. The van der Waals surface area contributed by atoms with Gasteiger partial charge in [-0.25, -0.2) is 13.6 Å². The lowest BCUT2D eigenvalue weighted by Gasteiger charge is -2.16. The summed E-state index contributed by atoms with van der Waals surface area (Å²) in [6.07, 6.45) is 0. The number of benzene rings is 2. The number of hydrogen-bond donors (Lipinski definition) is 1. The highest BCUT2D eigenvalue weighted by atomic mass is 32.1. The Morgan fingerprint density at radius 2 is 1.92 bits per heavy atom. The van der Waals surface area contributed by atoms with Gasteiger partial charge in [0.05, 0.1) is 0 Å². The Morgan fingerprint density at radius 1 is 1.16 bits per heavy atom. The van der Waals surface area contributed by atoms with E-state index in [-0.39, 0.29) is 17.0 Å². The van der Waals surface area contributed by atoms with Crippen molar-refractivity contribution in [1.82, 2.24) is 9.36 Å². The van der Waals surface area contributed by atoms with Crippen LogP contribution in [0.1, 0.15) is 0 Å². The van der Waals surface area contributed by atoms with Crippen LogP contribution in [0.2, 0.25) is 0 Å². The van der Waals surface area contributed by atoms with Crippen LogP contribution in [0.25, 0.3) is 0 Å². The molecule has 2 amide bonds. The molecule has 9 heteroatoms. The van der Waals surface area contributed by atoms with E-state index < -0.39 is 11.8 Å². The van der Waals surface area contributed by atoms with Crippen LogP contribution in [0.15, 0.2) is 48.5 Å². The normalized spacial score (nSPS) is 10.4. The molecule has 128 valence electrons. The zero-order valence-corrected chi connectivity index (χ0v) is 13.8. The molecule has 0 radical (unpaired) electrons. The third-order valence-electron chi connectivity index (χ3n) is 3.14. The van der Waals surface area contributed by atoms with Crippen molar-refractivity contribution in [3.63, 3.8) is 0 Å². The Balaban J connectivity index is 1.64. The molecule has 0 unspecified atom stereocenters. The topological polar surface area (TPSA) is 67.4 Å². The van der Waals surface area contributed by atoms with Gasteiger partial charge in [-0.15, -0.1) is 4.37 Å². The van der Waals surface area contributed by atoms with E-state index in [1.165, 1.54) is 54.4 Å². The third kappa shape index (κ3) is 4.27. The van der Waals surface area contributed by atoms with E-state index in [1.54, 1.807) is 6.07 Å². The number of nitrogens with one attached hydrogen (secondary N) is 1. The van der Waals surface area contributed by atoms with E-state index in [2.05, 4.69) is 14.7 Å². The molecule has 25 heavy (non-hydrogen) atoms. The predicted molar refractivity (Wildman–Crippen MR) is 90.2 cm³/mol. The molecule has 0 saturated heterocycles. The zero-order chi connectivity index (χ0) is 17.8. The molecular formula is C16H12F2N4O2S. The fourth-order valence-electron chi connectivity index (χ4n) is 1.89. The Morgan fingerprint density at radius 3 is 2.64 bits per heavy atom. The molecule has 1 heterocycles. The second kappa shape index (κ2) is 7.22. The van der Waals surface area contributed by atoms with Crippen LogP contribution < -0.4 is 15.0 Å².